The van der Waals surface area contributed by atoms with Gasteiger partial charge >= 0.3 is 0 Å². The van der Waals surface area contributed by atoms with Crippen LogP contribution in [0, 0.1) is 24.1 Å². The van der Waals surface area contributed by atoms with Crippen molar-refractivity contribution in [3.05, 3.63) is 47.0 Å². The number of rotatable bonds is 3. The molecule has 0 atom stereocenters. The van der Waals surface area contributed by atoms with Crippen molar-refractivity contribution in [1.82, 2.24) is 7.68 Å². The van der Waals surface area contributed by atoms with Gasteiger partial charge in [-0.05, 0) is 30.7 Å². The van der Waals surface area contributed by atoms with Crippen LogP contribution >= 0.6 is 22.9 Å². The van der Waals surface area contributed by atoms with Crippen LogP contribution in [-0.2, 0) is 0 Å². The number of nitrogens with zero attached hydrogens (tertiary/aromatic N) is 3. The Balaban J connectivity index is 2.60. The standard InChI is InChI=1S/C15H13FIN3O/c1-9-4-13-10(5-12(9)16)6-14(20(13)17)15(21)11(7-18)8-19(2)3/h4-6,8H,1-3H3/b11-8+. The van der Waals surface area contributed by atoms with E-state index in [1.54, 1.807) is 40.8 Å². The van der Waals surface area contributed by atoms with Gasteiger partial charge in [-0.25, -0.2) is 4.39 Å². The van der Waals surface area contributed by atoms with E-state index in [-0.39, 0.29) is 17.2 Å². The molecule has 1 aromatic carbocycles. The molecule has 0 aliphatic carbocycles. The number of nitriles is 1. The van der Waals surface area contributed by atoms with Crippen molar-refractivity contribution in [2.45, 2.75) is 6.92 Å². The zero-order chi connectivity index (χ0) is 15.7. The Kier molecular flexibility index (Phi) is 4.32. The van der Waals surface area contributed by atoms with Crippen molar-refractivity contribution < 1.29 is 9.18 Å². The summed E-state index contributed by atoms with van der Waals surface area (Å²) in [6.07, 6.45) is 1.47. The highest BCUT2D eigenvalue weighted by atomic mass is 127. The Bertz CT molecular complexity index is 799. The Hall–Kier alpha value is -1.88. The van der Waals surface area contributed by atoms with E-state index in [4.69, 9.17) is 5.26 Å². The van der Waals surface area contributed by atoms with Crippen LogP contribution in [0.15, 0.2) is 30.0 Å². The maximum Gasteiger partial charge on any atom is 0.222 e. The molecule has 0 N–H and O–H groups in total. The SMILES string of the molecule is Cc1cc2c(cc1F)cc(C(=O)/C(C#N)=C/N(C)C)n2I. The lowest BCUT2D eigenvalue weighted by molar-refractivity contribution is 0.103. The Morgan fingerprint density at radius 3 is 2.67 bits per heavy atom. The number of carbonyl (C=O) groups excluding carboxylic acids is 1. The summed E-state index contributed by atoms with van der Waals surface area (Å²) in [5.74, 6) is -0.692. The van der Waals surface area contributed by atoms with Crippen molar-refractivity contribution in [3.8, 4) is 6.07 Å². The maximum atomic E-state index is 13.6. The predicted molar refractivity (Wildman–Crippen MR) is 87.8 cm³/mol. The smallest absolute Gasteiger partial charge is 0.222 e. The number of fused-ring (bicyclic) bond motifs is 1. The van der Waals surface area contributed by atoms with Gasteiger partial charge in [0.2, 0.25) is 5.78 Å². The summed E-state index contributed by atoms with van der Waals surface area (Å²) in [4.78, 5) is 14.1. The molecule has 0 saturated heterocycles. The lowest BCUT2D eigenvalue weighted by atomic mass is 10.1. The molecule has 108 valence electrons. The highest BCUT2D eigenvalue weighted by molar-refractivity contribution is 14.1. The summed E-state index contributed by atoms with van der Waals surface area (Å²) in [6.45, 7) is 1.67. The van der Waals surface area contributed by atoms with Crippen molar-refractivity contribution >= 4 is 39.6 Å². The van der Waals surface area contributed by atoms with Crippen LogP contribution in [0.5, 0.6) is 0 Å². The minimum absolute atomic E-state index is 0.0397. The van der Waals surface area contributed by atoms with Crippen molar-refractivity contribution in [2.75, 3.05) is 14.1 Å². The van der Waals surface area contributed by atoms with Gasteiger partial charge in [0.05, 0.1) is 28.4 Å². The molecule has 0 spiro atoms. The van der Waals surface area contributed by atoms with Gasteiger partial charge in [0.15, 0.2) is 0 Å². The number of halogens is 2. The third-order valence-corrected chi connectivity index (χ3v) is 4.05. The summed E-state index contributed by atoms with van der Waals surface area (Å²) >= 11 is 1.98. The van der Waals surface area contributed by atoms with Gasteiger partial charge in [0.1, 0.15) is 23.2 Å². The van der Waals surface area contributed by atoms with E-state index >= 15 is 0 Å². The second-order valence-corrected chi connectivity index (χ2v) is 5.88. The number of allylic oxidation sites excluding steroid dienone is 1. The van der Waals surface area contributed by atoms with Crippen LogP contribution in [0.1, 0.15) is 16.1 Å². The average molecular weight is 397 g/mol. The molecule has 1 aromatic heterocycles. The van der Waals surface area contributed by atoms with E-state index in [2.05, 4.69) is 0 Å². The molecule has 1 heterocycles. The van der Waals surface area contributed by atoms with Crippen LogP contribution in [0.2, 0.25) is 0 Å². The molecule has 0 fully saturated rings. The van der Waals surface area contributed by atoms with Crippen LogP contribution < -0.4 is 0 Å². The molecule has 0 aliphatic rings. The van der Waals surface area contributed by atoms with Gasteiger partial charge in [0.25, 0.3) is 0 Å². The fourth-order valence-electron chi connectivity index (χ4n) is 1.99. The number of benzene rings is 1. The number of hydrogen-bond donors (Lipinski definition) is 0. The first-order valence-electron chi connectivity index (χ1n) is 6.16. The molecule has 0 unspecified atom stereocenters. The van der Waals surface area contributed by atoms with Crippen LogP contribution in [0.3, 0.4) is 0 Å². The highest BCUT2D eigenvalue weighted by Gasteiger charge is 2.19. The summed E-state index contributed by atoms with van der Waals surface area (Å²) in [6, 6.07) is 6.60. The third-order valence-electron chi connectivity index (χ3n) is 3.01. The van der Waals surface area contributed by atoms with E-state index in [0.717, 1.165) is 5.52 Å². The fraction of sp³-hybridized carbons (Fsp3) is 0.200. The number of hydrogen-bond acceptors (Lipinski definition) is 3. The number of Topliss-reactive ketones (excluding diaryl/α,β-unsaturated/α-hetero) is 1. The Morgan fingerprint density at radius 2 is 2.10 bits per heavy atom. The molecule has 6 heteroatoms. The molecule has 0 saturated carbocycles. The second-order valence-electron chi connectivity index (χ2n) is 4.92. The van der Waals surface area contributed by atoms with Gasteiger partial charge in [-0.3, -0.25) is 7.58 Å². The molecular formula is C15H13FIN3O. The highest BCUT2D eigenvalue weighted by Crippen LogP contribution is 2.26. The number of carbonyl (C=O) groups is 1. The van der Waals surface area contributed by atoms with E-state index in [9.17, 15) is 9.18 Å². The summed E-state index contributed by atoms with van der Waals surface area (Å²) in [5, 5.41) is 9.76. The largest absolute Gasteiger partial charge is 0.382 e. The lowest BCUT2D eigenvalue weighted by Gasteiger charge is -2.06. The molecule has 0 bridgehead atoms. The van der Waals surface area contributed by atoms with Crippen LogP contribution in [0.25, 0.3) is 10.9 Å². The quantitative estimate of drug-likeness (QED) is 0.345. The number of aryl methyl sites for hydroxylation is 1. The molecule has 21 heavy (non-hydrogen) atoms. The minimum Gasteiger partial charge on any atom is -0.382 e. The topological polar surface area (TPSA) is 49.0 Å². The first-order chi connectivity index (χ1) is 9.85. The predicted octanol–water partition coefficient (Wildman–Crippen LogP) is 3.44. The first-order valence-corrected chi connectivity index (χ1v) is 7.12. The molecule has 0 aliphatic heterocycles. The monoisotopic (exact) mass is 397 g/mol. The molecular weight excluding hydrogens is 384 g/mol. The van der Waals surface area contributed by atoms with Crippen LogP contribution in [0.4, 0.5) is 4.39 Å². The molecule has 2 aromatic rings. The Morgan fingerprint density at radius 1 is 1.43 bits per heavy atom. The van der Waals surface area contributed by atoms with Gasteiger partial charge < -0.3 is 4.90 Å². The molecule has 4 nitrogen and oxygen atoms in total. The maximum absolute atomic E-state index is 13.6. The van der Waals surface area contributed by atoms with E-state index in [0.29, 0.717) is 16.6 Å². The summed E-state index contributed by atoms with van der Waals surface area (Å²) < 4.78 is 15.3. The zero-order valence-corrected chi connectivity index (χ0v) is 14.0. The van der Waals surface area contributed by atoms with E-state index in [1.807, 2.05) is 28.9 Å². The lowest BCUT2D eigenvalue weighted by Crippen LogP contribution is -2.10. The van der Waals surface area contributed by atoms with Gasteiger partial charge in [-0.1, -0.05) is 0 Å². The minimum atomic E-state index is -0.380. The number of aromatic nitrogens is 1. The second kappa shape index (κ2) is 5.85. The van der Waals surface area contributed by atoms with Crippen molar-refractivity contribution in [1.29, 1.82) is 5.26 Å². The van der Waals surface area contributed by atoms with Crippen molar-refractivity contribution in [2.24, 2.45) is 0 Å². The number of ketones is 1. The molecule has 0 amide bonds. The van der Waals surface area contributed by atoms with Crippen LogP contribution in [-0.4, -0.2) is 27.6 Å². The normalized spacial score (nSPS) is 11.5. The van der Waals surface area contributed by atoms with Gasteiger partial charge in [0, 0.05) is 25.7 Å². The van der Waals surface area contributed by atoms with Gasteiger partial charge in [-0.15, -0.1) is 0 Å². The van der Waals surface area contributed by atoms with E-state index in [1.165, 1.54) is 12.3 Å². The third kappa shape index (κ3) is 2.93. The Labute approximate surface area is 135 Å². The summed E-state index contributed by atoms with van der Waals surface area (Å²) in [7, 11) is 3.48. The fourth-order valence-corrected chi connectivity index (χ4v) is 2.77. The molecule has 0 radical (unpaired) electrons. The zero-order valence-electron chi connectivity index (χ0n) is 11.8. The van der Waals surface area contributed by atoms with Crippen molar-refractivity contribution in [3.63, 3.8) is 0 Å². The molecule has 2 rings (SSSR count). The average Bonchev–Trinajstić information content (AvgIpc) is 2.73. The first kappa shape index (κ1) is 15.5. The van der Waals surface area contributed by atoms with E-state index < -0.39 is 0 Å². The summed E-state index contributed by atoms with van der Waals surface area (Å²) in [5.41, 5.74) is 1.66. The van der Waals surface area contributed by atoms with Gasteiger partial charge in [-0.2, -0.15) is 5.26 Å².